The van der Waals surface area contributed by atoms with E-state index in [1.54, 1.807) is 0 Å². The Bertz CT molecular complexity index is 4840. The quantitative estimate of drug-likeness (QED) is 0.0969. The Balaban J connectivity index is 1.06. The minimum absolute atomic E-state index is 0.130. The van der Waals surface area contributed by atoms with Gasteiger partial charge in [0.25, 0.3) is 0 Å². The van der Waals surface area contributed by atoms with E-state index in [0.29, 0.717) is 5.56 Å². The van der Waals surface area contributed by atoms with Crippen molar-refractivity contribution in [2.75, 3.05) is 13.7 Å². The monoisotopic (exact) mass is 1550 g/mol. The van der Waals surface area contributed by atoms with Gasteiger partial charge in [-0.3, -0.25) is 28.8 Å². The maximum atomic E-state index is 16.4. The normalized spacial score (nSPS) is 28.2. The molecule has 0 spiro atoms. The number of ether oxygens (including phenoxy) is 7. The van der Waals surface area contributed by atoms with Crippen LogP contribution in [0.15, 0.2) is 115 Å². The van der Waals surface area contributed by atoms with Crippen LogP contribution < -0.4 is 66.6 Å². The average Bonchev–Trinajstić information content (AvgIpc) is 0.763. The van der Waals surface area contributed by atoms with Gasteiger partial charge in [-0.2, -0.15) is 0 Å². The van der Waals surface area contributed by atoms with Crippen LogP contribution in [0.25, 0.3) is 11.1 Å². The second-order valence-corrected chi connectivity index (χ2v) is 26.8. The van der Waals surface area contributed by atoms with Crippen LogP contribution in [-0.4, -0.2) is 201 Å². The summed E-state index contributed by atoms with van der Waals surface area (Å²) in [6.07, 6.45) is -21.3. The van der Waals surface area contributed by atoms with Crippen LogP contribution in [0.4, 0.5) is 0 Å². The van der Waals surface area contributed by atoms with Gasteiger partial charge in [0, 0.05) is 40.8 Å². The number of likely N-dealkylation sites (N-methyl/N-ethyl adjacent to an activating group) is 1. The first kappa shape index (κ1) is 75.9. The number of hydrogen-bond acceptors (Lipinski definition) is 28. The molecule has 2 fully saturated rings. The van der Waals surface area contributed by atoms with E-state index in [2.05, 4.69) is 37.2 Å². The van der Waals surface area contributed by atoms with Gasteiger partial charge in [-0.1, -0.05) is 53.5 Å². The summed E-state index contributed by atoms with van der Waals surface area (Å²) >= 11 is 14.0. The molecule has 109 heavy (non-hydrogen) atoms. The second-order valence-electron chi connectivity index (χ2n) is 26.0. The molecule has 7 aromatic carbocycles. The fourth-order valence-corrected chi connectivity index (χ4v) is 13.7. The Labute approximate surface area is 623 Å². The minimum Gasteiger partial charge on any atom is -0.508 e. The van der Waals surface area contributed by atoms with Gasteiger partial charge < -0.3 is 142 Å². The van der Waals surface area contributed by atoms with Crippen LogP contribution >= 0.6 is 23.2 Å². The predicted octanol–water partition coefficient (Wildman–Crippen LogP) is 0.250. The van der Waals surface area contributed by atoms with Gasteiger partial charge in [-0.05, 0) is 108 Å². The number of carboxylic acids is 2. The third-order valence-corrected chi connectivity index (χ3v) is 19.6. The zero-order valence-corrected chi connectivity index (χ0v) is 57.6. The number of phenols is 4. The molecule has 18 atom stereocenters. The van der Waals surface area contributed by atoms with Gasteiger partial charge in [0.2, 0.25) is 53.8 Å². The zero-order chi connectivity index (χ0) is 78.0. The molecule has 17 bridgehead atoms. The van der Waals surface area contributed by atoms with Crippen LogP contribution in [0.1, 0.15) is 75.3 Å². The molecule has 8 aliphatic rings. The molecular formula is C71H66Cl2N8O28. The Kier molecular flexibility index (Phi) is 21.1. The maximum absolute atomic E-state index is 16.4. The summed E-state index contributed by atoms with van der Waals surface area (Å²) in [5.74, 6) is -18.5. The number of halogens is 2. The van der Waals surface area contributed by atoms with Gasteiger partial charge in [0.05, 0.1) is 22.7 Å². The lowest BCUT2D eigenvalue weighted by atomic mass is 9.89. The number of nitrogens with one attached hydrogen (secondary N) is 7. The number of carbonyl (C=O) groups excluding carboxylic acids is 6. The third-order valence-electron chi connectivity index (χ3n) is 18.9. The molecule has 8 aliphatic heterocycles. The van der Waals surface area contributed by atoms with Crippen molar-refractivity contribution in [3.63, 3.8) is 0 Å². The van der Waals surface area contributed by atoms with E-state index >= 15 is 24.0 Å². The fourth-order valence-electron chi connectivity index (χ4n) is 13.3. The number of aliphatic hydroxyl groups is 7. The summed E-state index contributed by atoms with van der Waals surface area (Å²) in [5.41, 5.74) is 3.24. The number of rotatable bonds is 8. The standard InChI is InChI=1S/C71H66Cl2N8O28/c1-75-48-25-5-10-37(85)40(15-25)104-30-20-33(46(73)38(86)21-30)51-66(97)78-50-27-16-42(103-29-7-2-23(3-8-29)12-35(62(93)79-51)76-63(48)94)60(108-70-47(74)56(89)58(91)61(109-70)69(101)102)43(17-27)105-39-11-6-26(14-34(39)72)54(87)53-67(98)80-52(68(99)100)32-18-28(83)19-41(106-71-59(92)57(90)55(88)44(22-82)107-71)45(32)31-13-24(4-9-36(31)84)49(64(95)81-53)77-65(50)96/h2-11,13-21,35,44,47-59,61,70-71,75,82-92H,12,22,74H2,1H3,(H,76,94)(H,77,96)(H,78,97)(H,79,93)(H,80,98)(H,81,95)(H,99,100)(H,101,102)/t35-,44-,47-,48-,49-,50-,51+,52+,53+,54-,55-,56-,57+,58+,59+,61+,70-,71+/m1/s1. The van der Waals surface area contributed by atoms with Gasteiger partial charge >= 0.3 is 11.9 Å². The molecule has 2 saturated heterocycles. The number of amides is 6. The highest BCUT2D eigenvalue weighted by atomic mass is 35.5. The lowest BCUT2D eigenvalue weighted by Gasteiger charge is -2.40. The molecular weight excluding hydrogens is 1480 g/mol. The Morgan fingerprint density at radius 1 is 0.541 bits per heavy atom. The highest BCUT2D eigenvalue weighted by Crippen LogP contribution is 2.50. The van der Waals surface area contributed by atoms with E-state index in [9.17, 15) is 80.8 Å². The number of phenolic OH excluding ortho intramolecular Hbond substituents is 4. The Morgan fingerprint density at radius 3 is 1.87 bits per heavy atom. The minimum atomic E-state index is -2.42. The highest BCUT2D eigenvalue weighted by molar-refractivity contribution is 6.33. The van der Waals surface area contributed by atoms with E-state index in [1.807, 2.05) is 0 Å². The molecule has 0 radical (unpaired) electrons. The number of aromatic hydroxyl groups is 4. The predicted molar refractivity (Wildman–Crippen MR) is 368 cm³/mol. The van der Waals surface area contributed by atoms with E-state index in [1.165, 1.54) is 49.5 Å². The molecule has 6 amide bonds. The summed E-state index contributed by atoms with van der Waals surface area (Å²) in [6, 6.07) is 4.60. The van der Waals surface area contributed by atoms with Crippen molar-refractivity contribution in [3.05, 3.63) is 164 Å². The van der Waals surface area contributed by atoms with Crippen LogP contribution in [0.5, 0.6) is 69.0 Å². The average molecular weight is 1550 g/mol. The van der Waals surface area contributed by atoms with E-state index in [4.69, 9.17) is 62.1 Å². The number of carbonyl (C=O) groups is 8. The first-order valence-electron chi connectivity index (χ1n) is 33.1. The van der Waals surface area contributed by atoms with Gasteiger partial charge in [0.1, 0.15) is 119 Å². The largest absolute Gasteiger partial charge is 0.508 e. The van der Waals surface area contributed by atoms with Crippen molar-refractivity contribution in [2.45, 2.75) is 116 Å². The number of hydrogen-bond donors (Lipinski definition) is 21. The number of benzene rings is 7. The van der Waals surface area contributed by atoms with Crippen molar-refractivity contribution >= 4 is 70.6 Å². The molecule has 38 heteroatoms. The van der Waals surface area contributed by atoms with Crippen LogP contribution in [0, 0.1) is 0 Å². The topological polar surface area (TPSA) is 574 Å². The summed E-state index contributed by atoms with van der Waals surface area (Å²) in [6.45, 7) is -0.985. The van der Waals surface area contributed by atoms with Crippen LogP contribution in [-0.2, 0) is 54.3 Å². The van der Waals surface area contributed by atoms with Gasteiger partial charge in [-0.15, -0.1) is 0 Å². The molecule has 8 heterocycles. The SMILES string of the molecule is CN[C@H]1C(=O)N[C@@H]2Cc3ccc(cc3)Oc3cc4cc(c3O[C@@H]3O[C@H](C(=O)O)[C@@H](O)[C@H](O)[C@H]3N)Oc3ccc(cc3Cl)[C@@H](O)[C@@H]3NC(=O)[C@H](NC(=O)[C@@H]4NC(=O)[C@@H](NC2=O)c2cc(cc(O)c2Cl)Oc2cc1ccc2O)c1ccc(O)c(c1)-c1c(O[C@H]2O[C@H](CO)[C@@H](O)[C@H](O)[C@@H]2O)cc(O)cc1[C@@H](C(=O)O)NC3=O. The molecule has 0 saturated carbocycles. The van der Waals surface area contributed by atoms with Crippen molar-refractivity contribution in [1.29, 1.82) is 0 Å². The molecule has 22 N–H and O–H groups in total. The van der Waals surface area contributed by atoms with Crippen molar-refractivity contribution in [2.24, 2.45) is 5.73 Å². The number of carboxylic acid groups (broad SMARTS) is 2. The molecule has 0 unspecified atom stereocenters. The van der Waals surface area contributed by atoms with Crippen molar-refractivity contribution < 1.29 is 138 Å². The van der Waals surface area contributed by atoms with Gasteiger partial charge in [0.15, 0.2) is 35.1 Å². The summed E-state index contributed by atoms with van der Waals surface area (Å²) in [4.78, 5) is 120. The van der Waals surface area contributed by atoms with E-state index in [-0.39, 0.29) is 28.4 Å². The number of nitrogens with two attached hydrogens (primary N) is 1. The smallest absolute Gasteiger partial charge is 0.335 e. The van der Waals surface area contributed by atoms with E-state index < -0.39 is 265 Å². The zero-order valence-electron chi connectivity index (χ0n) is 56.0. The molecule has 36 nitrogen and oxygen atoms in total. The molecule has 0 aromatic heterocycles. The second kappa shape index (κ2) is 30.4. The van der Waals surface area contributed by atoms with Crippen molar-refractivity contribution in [1.82, 2.24) is 37.2 Å². The fraction of sp³-hybridized carbons (Fsp3) is 0.296. The summed E-state index contributed by atoms with van der Waals surface area (Å²) < 4.78 is 42.9. The van der Waals surface area contributed by atoms with Crippen LogP contribution in [0.2, 0.25) is 10.0 Å². The summed E-state index contributed by atoms with van der Waals surface area (Å²) in [7, 11) is 1.42. The molecule has 572 valence electrons. The highest BCUT2D eigenvalue weighted by Gasteiger charge is 2.50. The lowest BCUT2D eigenvalue weighted by molar-refractivity contribution is -0.277. The number of aliphatic hydroxyl groups excluding tert-OH is 7. The number of aliphatic carboxylic acids is 2. The molecule has 15 rings (SSSR count). The molecule has 0 aliphatic carbocycles. The Morgan fingerprint density at radius 2 is 1.18 bits per heavy atom. The van der Waals surface area contributed by atoms with Crippen molar-refractivity contribution in [3.8, 4) is 80.1 Å². The van der Waals surface area contributed by atoms with Crippen LogP contribution in [0.3, 0.4) is 0 Å². The molecule has 7 aromatic rings. The lowest BCUT2D eigenvalue weighted by Crippen LogP contribution is -2.64. The maximum Gasteiger partial charge on any atom is 0.335 e. The summed E-state index contributed by atoms with van der Waals surface area (Å²) in [5, 5.41) is 162. The first-order valence-corrected chi connectivity index (χ1v) is 33.8. The Hall–Kier alpha value is -11.4. The van der Waals surface area contributed by atoms with Gasteiger partial charge in [-0.25, -0.2) is 9.59 Å². The first-order chi connectivity index (χ1) is 51.9. The number of fused-ring (bicyclic) bond motifs is 14. The van der Waals surface area contributed by atoms with E-state index in [0.717, 1.165) is 72.8 Å². The third kappa shape index (κ3) is 14.8.